The van der Waals surface area contributed by atoms with Crippen LogP contribution >= 0.6 is 11.6 Å². The van der Waals surface area contributed by atoms with Crippen molar-refractivity contribution in [1.82, 2.24) is 0 Å². The maximum Gasteiger partial charge on any atom is 0.327 e. The van der Waals surface area contributed by atoms with Gasteiger partial charge in [-0.2, -0.15) is 0 Å². The van der Waals surface area contributed by atoms with Crippen LogP contribution in [-0.4, -0.2) is 17.5 Å². The summed E-state index contributed by atoms with van der Waals surface area (Å²) in [7, 11) is 0. The Morgan fingerprint density at radius 1 is 1.80 bits per heavy atom. The van der Waals surface area contributed by atoms with Gasteiger partial charge in [-0.05, 0) is 20.3 Å². The van der Waals surface area contributed by atoms with Gasteiger partial charge in [0.1, 0.15) is 4.87 Å². The fourth-order valence-corrected chi connectivity index (χ4v) is 0.445. The second-order valence-corrected chi connectivity index (χ2v) is 2.87. The predicted octanol–water partition coefficient (Wildman–Crippen LogP) is 1.77. The molecule has 0 fully saturated rings. The monoisotopic (exact) mass is 163 g/mol. The molecule has 0 bridgehead atoms. The Morgan fingerprint density at radius 3 is 2.60 bits per heavy atom. The molecule has 0 aliphatic heterocycles. The number of carbonyl (C=O) groups is 1. The quantitative estimate of drug-likeness (QED) is 0.468. The molecular weight excluding hydrogens is 152 g/mol. The Hall–Kier alpha value is -0.240. The Balaban J connectivity index is 3.91. The maximum absolute atomic E-state index is 10.9. The number of hydrogen-bond acceptors (Lipinski definition) is 2. The van der Waals surface area contributed by atoms with Crippen molar-refractivity contribution in [3.8, 4) is 0 Å². The first-order valence-corrected chi connectivity index (χ1v) is 3.59. The van der Waals surface area contributed by atoms with E-state index < -0.39 is 4.87 Å². The van der Waals surface area contributed by atoms with Crippen LogP contribution in [0.4, 0.5) is 0 Å². The summed E-state index contributed by atoms with van der Waals surface area (Å²) in [4.78, 5) is 9.95. The molecule has 0 aromatic rings. The number of hydrogen-bond donors (Lipinski definition) is 0. The lowest BCUT2D eigenvalue weighted by molar-refractivity contribution is -0.144. The number of esters is 1. The van der Waals surface area contributed by atoms with Gasteiger partial charge in [-0.3, -0.25) is 4.79 Å². The Labute approximate surface area is 66.5 Å². The third-order valence-electron chi connectivity index (χ3n) is 1.22. The number of halogens is 1. The van der Waals surface area contributed by atoms with E-state index in [1.807, 2.05) is 0 Å². The van der Waals surface area contributed by atoms with Crippen LogP contribution in [0.2, 0.25) is 0 Å². The van der Waals surface area contributed by atoms with Gasteiger partial charge in [-0.25, -0.2) is 0 Å². The summed E-state index contributed by atoms with van der Waals surface area (Å²) >= 11 is 5.72. The molecule has 59 valence electrons. The second kappa shape index (κ2) is 3.81. The van der Waals surface area contributed by atoms with Crippen molar-refractivity contribution in [1.29, 1.82) is 0 Å². The molecule has 1 radical (unpaired) electrons. The van der Waals surface area contributed by atoms with Gasteiger partial charge in [0.15, 0.2) is 0 Å². The third-order valence-corrected chi connectivity index (χ3v) is 1.59. The highest BCUT2D eigenvalue weighted by Crippen LogP contribution is 2.18. The van der Waals surface area contributed by atoms with Crippen LogP contribution in [0.15, 0.2) is 0 Å². The van der Waals surface area contributed by atoms with Crippen LogP contribution in [0.3, 0.4) is 0 Å². The maximum atomic E-state index is 10.9. The molecule has 1 atom stereocenters. The average molecular weight is 164 g/mol. The van der Waals surface area contributed by atoms with Gasteiger partial charge >= 0.3 is 5.97 Å². The average Bonchev–Trinajstić information content (AvgIpc) is 1.89. The van der Waals surface area contributed by atoms with Crippen LogP contribution in [0.1, 0.15) is 20.8 Å². The highest BCUT2D eigenvalue weighted by atomic mass is 35.5. The lowest BCUT2D eigenvalue weighted by Crippen LogP contribution is -2.30. The number of ether oxygens (including phenoxy) is 1. The molecule has 0 saturated heterocycles. The molecule has 0 heterocycles. The zero-order chi connectivity index (χ0) is 8.20. The normalized spacial score (nSPS) is 16.0. The van der Waals surface area contributed by atoms with Crippen molar-refractivity contribution in [2.45, 2.75) is 25.6 Å². The fraction of sp³-hybridized carbons (Fsp3) is 0.714. The topological polar surface area (TPSA) is 26.3 Å². The molecular formula is C7H12ClO2. The summed E-state index contributed by atoms with van der Waals surface area (Å²) in [5.41, 5.74) is 0. The van der Waals surface area contributed by atoms with E-state index >= 15 is 0 Å². The highest BCUT2D eigenvalue weighted by Gasteiger charge is 2.29. The predicted molar refractivity (Wildman–Crippen MR) is 40.9 cm³/mol. The summed E-state index contributed by atoms with van der Waals surface area (Å²) in [6.07, 6.45) is 1.60. The summed E-state index contributed by atoms with van der Waals surface area (Å²) in [6, 6.07) is 0. The first-order valence-electron chi connectivity index (χ1n) is 3.21. The first kappa shape index (κ1) is 9.76. The molecule has 0 N–H and O–H groups in total. The molecule has 10 heavy (non-hydrogen) atoms. The second-order valence-electron chi connectivity index (χ2n) is 2.08. The Morgan fingerprint density at radius 2 is 2.30 bits per heavy atom. The zero-order valence-electron chi connectivity index (χ0n) is 6.48. The van der Waals surface area contributed by atoms with E-state index in [0.29, 0.717) is 6.61 Å². The van der Waals surface area contributed by atoms with E-state index in [9.17, 15) is 4.79 Å². The van der Waals surface area contributed by atoms with E-state index in [1.165, 1.54) is 0 Å². The van der Waals surface area contributed by atoms with Gasteiger partial charge in [0, 0.05) is 0 Å². The van der Waals surface area contributed by atoms with Gasteiger partial charge in [-0.15, -0.1) is 11.6 Å². The van der Waals surface area contributed by atoms with E-state index in [-0.39, 0.29) is 5.97 Å². The molecule has 0 aromatic carbocycles. The van der Waals surface area contributed by atoms with E-state index in [0.717, 1.165) is 0 Å². The molecule has 2 nitrogen and oxygen atoms in total. The van der Waals surface area contributed by atoms with Crippen molar-refractivity contribution in [2.75, 3.05) is 6.61 Å². The van der Waals surface area contributed by atoms with Gasteiger partial charge in [-0.1, -0.05) is 6.92 Å². The van der Waals surface area contributed by atoms with Crippen molar-refractivity contribution in [3.63, 3.8) is 0 Å². The SMILES string of the molecule is C[CH]C(C)(Cl)C(=O)OCC. The summed E-state index contributed by atoms with van der Waals surface area (Å²) < 4.78 is 4.70. The minimum atomic E-state index is -0.962. The van der Waals surface area contributed by atoms with E-state index in [2.05, 4.69) is 0 Å². The molecule has 0 aromatic heterocycles. The number of carbonyl (C=O) groups excluding carboxylic acids is 1. The van der Waals surface area contributed by atoms with E-state index in [1.54, 1.807) is 27.2 Å². The van der Waals surface area contributed by atoms with Gasteiger partial charge in [0.05, 0.1) is 6.61 Å². The smallest absolute Gasteiger partial charge is 0.327 e. The summed E-state index contributed by atoms with van der Waals surface area (Å²) in [5, 5.41) is 0. The molecule has 3 heteroatoms. The molecule has 0 aliphatic rings. The van der Waals surface area contributed by atoms with E-state index in [4.69, 9.17) is 16.3 Å². The highest BCUT2D eigenvalue weighted by molar-refractivity contribution is 6.34. The van der Waals surface area contributed by atoms with Gasteiger partial charge in [0.25, 0.3) is 0 Å². The minimum absolute atomic E-state index is 0.370. The lowest BCUT2D eigenvalue weighted by atomic mass is 10.1. The minimum Gasteiger partial charge on any atom is -0.465 e. The molecule has 0 spiro atoms. The molecule has 0 rings (SSSR count). The largest absolute Gasteiger partial charge is 0.465 e. The number of rotatable bonds is 3. The molecule has 1 unspecified atom stereocenters. The van der Waals surface area contributed by atoms with Gasteiger partial charge < -0.3 is 4.74 Å². The number of alkyl halides is 1. The summed E-state index contributed by atoms with van der Waals surface area (Å²) in [5.74, 6) is -0.390. The Kier molecular flexibility index (Phi) is 3.72. The van der Waals surface area contributed by atoms with Crippen LogP contribution in [0.5, 0.6) is 0 Å². The molecule has 0 saturated carbocycles. The molecule has 0 aliphatic carbocycles. The molecule has 0 amide bonds. The van der Waals surface area contributed by atoms with Crippen molar-refractivity contribution in [3.05, 3.63) is 6.42 Å². The lowest BCUT2D eigenvalue weighted by Gasteiger charge is -2.16. The van der Waals surface area contributed by atoms with Crippen LogP contribution in [0.25, 0.3) is 0 Å². The zero-order valence-corrected chi connectivity index (χ0v) is 7.23. The van der Waals surface area contributed by atoms with Crippen LogP contribution < -0.4 is 0 Å². The van der Waals surface area contributed by atoms with Crippen LogP contribution in [0, 0.1) is 6.42 Å². The van der Waals surface area contributed by atoms with Crippen LogP contribution in [-0.2, 0) is 9.53 Å². The summed E-state index contributed by atoms with van der Waals surface area (Å²) in [6.45, 7) is 5.45. The van der Waals surface area contributed by atoms with Crippen molar-refractivity contribution >= 4 is 17.6 Å². The fourth-order valence-electron chi connectivity index (χ4n) is 0.390. The van der Waals surface area contributed by atoms with Crippen molar-refractivity contribution < 1.29 is 9.53 Å². The third kappa shape index (κ3) is 2.56. The first-order chi connectivity index (χ1) is 4.54. The standard InChI is InChI=1S/C7H12ClO2/c1-4-7(3,8)6(9)10-5-2/h4H,5H2,1-3H3. The van der Waals surface area contributed by atoms with Gasteiger partial charge in [0.2, 0.25) is 0 Å². The van der Waals surface area contributed by atoms with Crippen molar-refractivity contribution in [2.24, 2.45) is 0 Å². The Bertz CT molecular complexity index is 121.